The van der Waals surface area contributed by atoms with Crippen molar-refractivity contribution in [1.82, 2.24) is 19.9 Å². The van der Waals surface area contributed by atoms with E-state index in [0.717, 1.165) is 11.3 Å². The van der Waals surface area contributed by atoms with E-state index in [1.54, 1.807) is 25.5 Å². The predicted octanol–water partition coefficient (Wildman–Crippen LogP) is 3.60. The lowest BCUT2D eigenvalue weighted by Gasteiger charge is -2.33. The van der Waals surface area contributed by atoms with Crippen LogP contribution in [0.15, 0.2) is 57.8 Å². The van der Waals surface area contributed by atoms with Crippen LogP contribution in [0.4, 0.5) is 4.39 Å². The second kappa shape index (κ2) is 9.45. The van der Waals surface area contributed by atoms with E-state index in [1.165, 1.54) is 29.7 Å². The molecule has 1 aromatic carbocycles. The normalized spacial score (nSPS) is 22.8. The van der Waals surface area contributed by atoms with Crippen molar-refractivity contribution >= 4 is 45.0 Å². The van der Waals surface area contributed by atoms with Crippen LogP contribution >= 0.6 is 22.9 Å². The molecule has 1 saturated heterocycles. The summed E-state index contributed by atoms with van der Waals surface area (Å²) in [6.45, 7) is 0.387. The Kier molecular flexibility index (Phi) is 6.51. The van der Waals surface area contributed by atoms with Gasteiger partial charge in [0.1, 0.15) is 11.9 Å². The number of benzene rings is 1. The molecule has 0 bridgehead atoms. The topological polar surface area (TPSA) is 111 Å². The lowest BCUT2D eigenvalue weighted by atomic mass is 9.89. The average molecular weight is 535 g/mol. The van der Waals surface area contributed by atoms with Crippen LogP contribution in [0.3, 0.4) is 0 Å². The van der Waals surface area contributed by atoms with Gasteiger partial charge >= 0.3 is 0 Å². The second-order valence-electron chi connectivity index (χ2n) is 8.63. The molecule has 2 atom stereocenters. The van der Waals surface area contributed by atoms with Crippen molar-refractivity contribution in [3.05, 3.63) is 74.2 Å². The van der Waals surface area contributed by atoms with Gasteiger partial charge in [-0.25, -0.2) is 22.5 Å². The molecule has 0 radical (unpaired) electrons. The molecular formula is C23H24ClFN6O2S2. The van der Waals surface area contributed by atoms with Crippen LogP contribution in [0, 0.1) is 11.2 Å². The molecule has 3 N–H and O–H groups in total. The number of rotatable bonds is 8. The number of nitrogens with one attached hydrogen (secondary N) is 3. The van der Waals surface area contributed by atoms with Crippen LogP contribution in [0.2, 0.25) is 5.02 Å². The van der Waals surface area contributed by atoms with Crippen molar-refractivity contribution in [2.24, 2.45) is 4.99 Å². The minimum absolute atomic E-state index is 0.224. The van der Waals surface area contributed by atoms with Crippen LogP contribution < -0.4 is 10.0 Å². The Morgan fingerprint density at radius 1 is 1.37 bits per heavy atom. The van der Waals surface area contributed by atoms with Gasteiger partial charge in [-0.15, -0.1) is 11.3 Å². The SMILES string of the molecule is CN/C=C(\C=N)C1=C2C[C@H](NS(=O)(=O)C3CC3)CN2C(c2nccs2)=N[C@H]1c1ccc(F)cc1Cl. The fraction of sp³-hybridized carbons (Fsp3) is 0.348. The van der Waals surface area contributed by atoms with E-state index in [4.69, 9.17) is 22.0 Å². The number of nitrogens with zero attached hydrogens (tertiary/aromatic N) is 3. The number of amidine groups is 1. The maximum atomic E-state index is 13.9. The Balaban J connectivity index is 1.67. The molecule has 5 rings (SSSR count). The summed E-state index contributed by atoms with van der Waals surface area (Å²) in [5, 5.41) is 13.5. The highest BCUT2D eigenvalue weighted by atomic mass is 35.5. The van der Waals surface area contributed by atoms with E-state index in [9.17, 15) is 12.8 Å². The number of aromatic nitrogens is 1. The van der Waals surface area contributed by atoms with E-state index in [2.05, 4.69) is 15.0 Å². The summed E-state index contributed by atoms with van der Waals surface area (Å²) in [6.07, 6.45) is 6.39. The number of halogens is 2. The van der Waals surface area contributed by atoms with Gasteiger partial charge in [-0.05, 0) is 30.5 Å². The maximum absolute atomic E-state index is 13.9. The summed E-state index contributed by atoms with van der Waals surface area (Å²) in [6, 6.07) is 3.19. The van der Waals surface area contributed by atoms with Gasteiger partial charge in [0.05, 0.1) is 5.25 Å². The molecule has 1 aliphatic carbocycles. The molecule has 0 amide bonds. The molecule has 3 aliphatic rings. The van der Waals surface area contributed by atoms with Crippen molar-refractivity contribution in [3.63, 3.8) is 0 Å². The first-order valence-electron chi connectivity index (χ1n) is 11.1. The first-order valence-corrected chi connectivity index (χ1v) is 14.0. The van der Waals surface area contributed by atoms with E-state index in [-0.39, 0.29) is 16.3 Å². The van der Waals surface area contributed by atoms with E-state index in [1.807, 2.05) is 10.3 Å². The zero-order valence-electron chi connectivity index (χ0n) is 18.8. The van der Waals surface area contributed by atoms with Gasteiger partial charge in [-0.1, -0.05) is 17.7 Å². The van der Waals surface area contributed by atoms with Gasteiger partial charge in [-0.3, -0.25) is 4.99 Å². The number of thiazole rings is 1. The van der Waals surface area contributed by atoms with E-state index < -0.39 is 21.9 Å². The maximum Gasteiger partial charge on any atom is 0.214 e. The molecule has 0 unspecified atom stereocenters. The third-order valence-electron chi connectivity index (χ3n) is 6.20. The van der Waals surface area contributed by atoms with Gasteiger partial charge in [0.25, 0.3) is 0 Å². The fourth-order valence-electron chi connectivity index (χ4n) is 4.54. The molecule has 1 aromatic heterocycles. The minimum Gasteiger partial charge on any atom is -0.393 e. The quantitative estimate of drug-likeness (QED) is 0.448. The highest BCUT2D eigenvalue weighted by Gasteiger charge is 2.43. The van der Waals surface area contributed by atoms with Crippen molar-refractivity contribution in [1.29, 1.82) is 5.41 Å². The number of fused-ring (bicyclic) bond motifs is 1. The van der Waals surface area contributed by atoms with Crippen LogP contribution in [0.5, 0.6) is 0 Å². The summed E-state index contributed by atoms with van der Waals surface area (Å²) in [7, 11) is -1.67. The third kappa shape index (κ3) is 4.65. The van der Waals surface area contributed by atoms with Crippen molar-refractivity contribution in [2.45, 2.75) is 36.6 Å². The number of hydrogen-bond donors (Lipinski definition) is 3. The van der Waals surface area contributed by atoms with Crippen LogP contribution in [-0.2, 0) is 10.0 Å². The van der Waals surface area contributed by atoms with E-state index in [0.29, 0.717) is 47.8 Å². The van der Waals surface area contributed by atoms with Crippen LogP contribution in [0.1, 0.15) is 35.9 Å². The molecule has 3 heterocycles. The van der Waals surface area contributed by atoms with Gasteiger partial charge in [0.15, 0.2) is 10.8 Å². The Hall–Kier alpha value is -2.60. The fourth-order valence-corrected chi connectivity index (χ4v) is 7.02. The summed E-state index contributed by atoms with van der Waals surface area (Å²) < 4.78 is 42.2. The molecule has 184 valence electrons. The highest BCUT2D eigenvalue weighted by Crippen LogP contribution is 2.44. The molecule has 8 nitrogen and oxygen atoms in total. The summed E-state index contributed by atoms with van der Waals surface area (Å²) in [5.41, 5.74) is 2.72. The molecule has 2 aliphatic heterocycles. The predicted molar refractivity (Wildman–Crippen MR) is 136 cm³/mol. The van der Waals surface area contributed by atoms with Crippen molar-refractivity contribution in [2.75, 3.05) is 13.6 Å². The van der Waals surface area contributed by atoms with Crippen molar-refractivity contribution in [3.8, 4) is 0 Å². The number of hydrogen-bond acceptors (Lipinski definition) is 8. The largest absolute Gasteiger partial charge is 0.393 e. The zero-order chi connectivity index (χ0) is 24.7. The van der Waals surface area contributed by atoms with Gasteiger partial charge < -0.3 is 15.6 Å². The van der Waals surface area contributed by atoms with Gasteiger partial charge in [0, 0.05) is 71.9 Å². The van der Waals surface area contributed by atoms with Gasteiger partial charge in [-0.2, -0.15) is 0 Å². The summed E-state index contributed by atoms with van der Waals surface area (Å²) >= 11 is 7.91. The molecule has 12 heteroatoms. The summed E-state index contributed by atoms with van der Waals surface area (Å²) in [5.74, 6) is 0.147. The highest BCUT2D eigenvalue weighted by molar-refractivity contribution is 7.90. The Morgan fingerprint density at radius 2 is 2.17 bits per heavy atom. The Bertz CT molecular complexity index is 1350. The zero-order valence-corrected chi connectivity index (χ0v) is 21.2. The van der Waals surface area contributed by atoms with Gasteiger partial charge in [0.2, 0.25) is 10.0 Å². The first kappa shape index (κ1) is 24.1. The van der Waals surface area contributed by atoms with Crippen LogP contribution in [0.25, 0.3) is 0 Å². The standard InChI is InChI=1S/C23H24ClFN6O2S2/c1-27-11-13(10-26)20-19-9-15(30-35(32,33)16-3-4-16)12-31(19)22(23-28-6-7-34-23)29-21(20)17-5-2-14(25)8-18(17)24/h2,5-8,10-11,15-16,21,26-27,30H,3-4,9,12H2,1H3/b13-11+,26-10?/t15-,21-/m0/s1. The molecule has 0 spiro atoms. The van der Waals surface area contributed by atoms with Crippen LogP contribution in [-0.4, -0.2) is 55.2 Å². The third-order valence-corrected chi connectivity index (χ3v) is 9.31. The molecule has 35 heavy (non-hydrogen) atoms. The monoisotopic (exact) mass is 534 g/mol. The molecular weight excluding hydrogens is 511 g/mol. The second-order valence-corrected chi connectivity index (χ2v) is 11.9. The Morgan fingerprint density at radius 3 is 2.80 bits per heavy atom. The number of aliphatic imine (C=N–C) groups is 1. The molecule has 1 saturated carbocycles. The lowest BCUT2D eigenvalue weighted by Crippen LogP contribution is -2.40. The lowest BCUT2D eigenvalue weighted by molar-refractivity contribution is 0.512. The van der Waals surface area contributed by atoms with E-state index >= 15 is 0 Å². The summed E-state index contributed by atoms with van der Waals surface area (Å²) in [4.78, 5) is 11.4. The molecule has 2 fully saturated rings. The van der Waals surface area contributed by atoms with Crippen molar-refractivity contribution < 1.29 is 12.8 Å². The number of sulfonamides is 1. The Labute approximate surface area is 212 Å². The minimum atomic E-state index is -3.40. The molecule has 2 aromatic rings. The first-order chi connectivity index (χ1) is 16.8. The smallest absolute Gasteiger partial charge is 0.214 e. The average Bonchev–Trinajstić information content (AvgIpc) is 3.40.